The lowest BCUT2D eigenvalue weighted by Crippen LogP contribution is -2.39. The second kappa shape index (κ2) is 13.3. The fourth-order valence-electron chi connectivity index (χ4n) is 3.60. The molecule has 0 bridgehead atoms. The van der Waals surface area contributed by atoms with Crippen LogP contribution in [0.1, 0.15) is 30.5 Å². The van der Waals surface area contributed by atoms with E-state index in [1.807, 2.05) is 92.7 Å². The third-order valence-corrected chi connectivity index (χ3v) is 5.15. The van der Waals surface area contributed by atoms with Gasteiger partial charge in [0.1, 0.15) is 11.5 Å². The molecule has 9 heteroatoms. The summed E-state index contributed by atoms with van der Waals surface area (Å²) in [5.74, 6) is 2.82. The van der Waals surface area contributed by atoms with E-state index < -0.39 is 7.25 Å². The van der Waals surface area contributed by atoms with Gasteiger partial charge in [-0.25, -0.2) is 0 Å². The van der Waals surface area contributed by atoms with E-state index >= 15 is 0 Å². The molecule has 4 rings (SSSR count). The van der Waals surface area contributed by atoms with Gasteiger partial charge in [-0.05, 0) is 55.3 Å². The topological polar surface area (TPSA) is 53.3 Å². The first-order valence-electron chi connectivity index (χ1n) is 12.0. The second-order valence-corrected chi connectivity index (χ2v) is 7.97. The third kappa shape index (κ3) is 8.69. The number of hydrogen-bond donors (Lipinski definition) is 1. The molecule has 0 atom stereocenters. The quantitative estimate of drug-likeness (QED) is 0.211. The summed E-state index contributed by atoms with van der Waals surface area (Å²) in [5.41, 5.74) is 4.58. The molecule has 1 aliphatic rings. The lowest BCUT2D eigenvalue weighted by atomic mass is 10.00. The molecule has 0 aromatic heterocycles. The first kappa shape index (κ1) is 28.3. The smallest absolute Gasteiger partial charge is 0.490 e. The normalized spacial score (nSPS) is 13.9. The van der Waals surface area contributed by atoms with Crippen LogP contribution in [-0.4, -0.2) is 26.2 Å². The molecule has 0 fully saturated rings. The number of ether oxygens (including phenoxy) is 3. The maximum Gasteiger partial charge on any atom is 0.673 e. The Labute approximate surface area is 219 Å². The van der Waals surface area contributed by atoms with Gasteiger partial charge >= 0.3 is 7.25 Å². The number of nitrogens with two attached hydrogens (primary N) is 1. The van der Waals surface area contributed by atoms with Crippen LogP contribution in [0.25, 0.3) is 11.3 Å². The highest BCUT2D eigenvalue weighted by Crippen LogP contribution is 2.32. The number of hydrogen-bond acceptors (Lipinski definition) is 3. The van der Waals surface area contributed by atoms with E-state index in [1.165, 1.54) is 0 Å². The molecule has 4 nitrogen and oxygen atoms in total. The maximum absolute atomic E-state index is 9.75. The summed E-state index contributed by atoms with van der Waals surface area (Å²) in [4.78, 5) is 0. The van der Waals surface area contributed by atoms with Crippen LogP contribution in [0, 0.1) is 0 Å². The summed E-state index contributed by atoms with van der Waals surface area (Å²) in [7, 11) is -6.00. The van der Waals surface area contributed by atoms with Gasteiger partial charge in [-0.15, -0.1) is 0 Å². The number of halogens is 4. The van der Waals surface area contributed by atoms with Gasteiger partial charge in [0.15, 0.2) is 11.5 Å². The molecular weight excluding hydrogens is 497 g/mol. The van der Waals surface area contributed by atoms with Gasteiger partial charge in [0.25, 0.3) is 0 Å². The van der Waals surface area contributed by atoms with E-state index in [0.717, 1.165) is 28.0 Å². The Morgan fingerprint density at radius 2 is 1.34 bits per heavy atom. The van der Waals surface area contributed by atoms with Crippen molar-refractivity contribution >= 4 is 24.3 Å². The van der Waals surface area contributed by atoms with E-state index in [9.17, 15) is 17.3 Å². The summed E-state index contributed by atoms with van der Waals surface area (Å²) < 4.78 is 56.7. The molecule has 1 aliphatic heterocycles. The predicted molar refractivity (Wildman–Crippen MR) is 143 cm³/mol. The van der Waals surface area contributed by atoms with E-state index in [0.29, 0.717) is 36.2 Å². The van der Waals surface area contributed by atoms with Crippen molar-refractivity contribution in [2.24, 2.45) is 0 Å². The highest BCUT2D eigenvalue weighted by molar-refractivity contribution is 6.50. The minimum Gasteiger partial charge on any atom is -0.490 e. The molecule has 0 aliphatic carbocycles. The van der Waals surface area contributed by atoms with Crippen molar-refractivity contribution in [2.45, 2.75) is 13.8 Å². The van der Waals surface area contributed by atoms with Gasteiger partial charge in [0.05, 0.1) is 19.3 Å². The summed E-state index contributed by atoms with van der Waals surface area (Å²) in [6, 6.07) is 26.0. The minimum absolute atomic E-state index is 0.544. The molecule has 0 saturated carbocycles. The molecule has 3 aromatic rings. The van der Waals surface area contributed by atoms with Crippen molar-refractivity contribution in [1.82, 2.24) is 0 Å². The average Bonchev–Trinajstić information content (AvgIpc) is 2.90. The molecule has 1 heterocycles. The first-order chi connectivity index (χ1) is 18.2. The minimum atomic E-state index is -6.00. The molecule has 38 heavy (non-hydrogen) atoms. The van der Waals surface area contributed by atoms with Gasteiger partial charge < -0.3 is 31.5 Å². The Kier molecular flexibility index (Phi) is 9.93. The van der Waals surface area contributed by atoms with Crippen LogP contribution in [0.2, 0.25) is 0 Å². The fourth-order valence-corrected chi connectivity index (χ4v) is 3.60. The van der Waals surface area contributed by atoms with E-state index in [2.05, 4.69) is 18.2 Å². The zero-order valence-electron chi connectivity index (χ0n) is 21.0. The van der Waals surface area contributed by atoms with Gasteiger partial charge in [0.2, 0.25) is 5.71 Å². The van der Waals surface area contributed by atoms with E-state index in [1.54, 1.807) is 0 Å². The molecule has 0 amide bonds. The highest BCUT2D eigenvalue weighted by Gasteiger charge is 2.20. The predicted octanol–water partition coefficient (Wildman–Crippen LogP) is 6.37. The van der Waals surface area contributed by atoms with Crippen LogP contribution in [0.4, 0.5) is 17.3 Å². The molecule has 0 saturated heterocycles. The lowest BCUT2D eigenvalue weighted by Gasteiger charge is -2.18. The highest BCUT2D eigenvalue weighted by atomic mass is 19.5. The Morgan fingerprint density at radius 3 is 1.92 bits per heavy atom. The standard InChI is InChI=1S/C29H27NO3.BF4/c1-3-31-27-16-15-23(18-29(27)32-4-2)26(30)20-25-17-24(21-11-7-5-8-12-21)19-28(33-25)22-13-9-6-10-14-22;2-1(3,4)5/h5-20,30H,3-4H2,1-2H3;/q;-1/p+1/b25-20-,30-26?;. The molecule has 0 unspecified atom stereocenters. The first-order valence-corrected chi connectivity index (χ1v) is 12.0. The second-order valence-electron chi connectivity index (χ2n) is 7.97. The van der Waals surface area contributed by atoms with Crippen molar-refractivity contribution in [3.05, 3.63) is 120 Å². The van der Waals surface area contributed by atoms with Crippen LogP contribution >= 0.6 is 0 Å². The van der Waals surface area contributed by atoms with Crippen LogP contribution in [0.15, 0.2) is 103 Å². The summed E-state index contributed by atoms with van der Waals surface area (Å²) in [6.07, 6.45) is 5.92. The maximum atomic E-state index is 9.75. The van der Waals surface area contributed by atoms with Crippen molar-refractivity contribution < 1.29 is 36.9 Å². The molecule has 0 radical (unpaired) electrons. The molecule has 0 spiro atoms. The summed E-state index contributed by atoms with van der Waals surface area (Å²) in [5, 5.41) is 6.50. The largest absolute Gasteiger partial charge is 0.673 e. The fraction of sp³-hybridized carbons (Fsp3) is 0.138. The van der Waals surface area contributed by atoms with Crippen molar-refractivity contribution in [3.8, 4) is 11.5 Å². The monoisotopic (exact) mass is 525 g/mol. The van der Waals surface area contributed by atoms with E-state index in [-0.39, 0.29) is 0 Å². The third-order valence-electron chi connectivity index (χ3n) is 5.15. The van der Waals surface area contributed by atoms with Crippen molar-refractivity contribution in [2.75, 3.05) is 13.2 Å². The summed E-state index contributed by atoms with van der Waals surface area (Å²) in [6.45, 7) is 5.00. The zero-order valence-corrected chi connectivity index (χ0v) is 21.0. The number of allylic oxidation sites excluding steroid dienone is 4. The van der Waals surface area contributed by atoms with Crippen LogP contribution in [-0.2, 0) is 4.74 Å². The Balaban J connectivity index is 0.000000732. The SMILES string of the molecule is CCOc1ccc(C(=[NH2+])/C=C2/C=C(c3ccccc3)C=C(c3ccccc3)O2)cc1OCC.F[B-](F)(F)F. The lowest BCUT2D eigenvalue weighted by molar-refractivity contribution is -0.111. The van der Waals surface area contributed by atoms with Gasteiger partial charge in [-0.1, -0.05) is 60.7 Å². The zero-order chi connectivity index (χ0) is 27.5. The van der Waals surface area contributed by atoms with Crippen LogP contribution in [0.3, 0.4) is 0 Å². The Hall–Kier alpha value is -4.27. The number of rotatable bonds is 8. The van der Waals surface area contributed by atoms with E-state index in [4.69, 9.17) is 19.6 Å². The average molecular weight is 525 g/mol. The van der Waals surface area contributed by atoms with Crippen molar-refractivity contribution in [3.63, 3.8) is 0 Å². The van der Waals surface area contributed by atoms with Crippen LogP contribution < -0.4 is 14.9 Å². The van der Waals surface area contributed by atoms with Crippen molar-refractivity contribution in [1.29, 1.82) is 0 Å². The number of benzene rings is 3. The van der Waals surface area contributed by atoms with Gasteiger partial charge in [-0.3, -0.25) is 5.41 Å². The Morgan fingerprint density at radius 1 is 0.789 bits per heavy atom. The van der Waals surface area contributed by atoms with Gasteiger partial charge in [-0.2, -0.15) is 0 Å². The molecule has 2 N–H and O–H groups in total. The summed E-state index contributed by atoms with van der Waals surface area (Å²) >= 11 is 0. The van der Waals surface area contributed by atoms with Crippen LogP contribution in [0.5, 0.6) is 11.5 Å². The molecule has 198 valence electrons. The molecular formula is C29H28BF4NO3. The molecule has 3 aromatic carbocycles. The van der Waals surface area contributed by atoms with Gasteiger partial charge in [0, 0.05) is 11.1 Å². The Bertz CT molecular complexity index is 1310.